The molecule has 56 heavy (non-hydrogen) atoms. The first-order valence-corrected chi connectivity index (χ1v) is 19.1. The van der Waals surface area contributed by atoms with Crippen molar-refractivity contribution in [3.05, 3.63) is 164 Å². The molecule has 0 bridgehead atoms. The maximum absolute atomic E-state index is 14.5. The lowest BCUT2D eigenvalue weighted by atomic mass is 9.93. The summed E-state index contributed by atoms with van der Waals surface area (Å²) in [6.07, 6.45) is -0.156. The van der Waals surface area contributed by atoms with Crippen molar-refractivity contribution in [1.29, 1.82) is 0 Å². The van der Waals surface area contributed by atoms with Crippen molar-refractivity contribution in [2.24, 2.45) is 0 Å². The summed E-state index contributed by atoms with van der Waals surface area (Å²) in [6, 6.07) is 35.8. The van der Waals surface area contributed by atoms with E-state index in [2.05, 4.69) is 29.6 Å². The average Bonchev–Trinajstić information content (AvgIpc) is 3.56. The van der Waals surface area contributed by atoms with Crippen LogP contribution in [0.15, 0.2) is 121 Å². The third kappa shape index (κ3) is 7.42. The van der Waals surface area contributed by atoms with Crippen molar-refractivity contribution in [3.8, 4) is 11.1 Å². The van der Waals surface area contributed by atoms with E-state index in [1.165, 1.54) is 11.0 Å². The number of carbonyl (C=O) groups excluding carboxylic acids is 3. The van der Waals surface area contributed by atoms with Crippen LogP contribution < -0.4 is 10.2 Å². The molecule has 2 aliphatic heterocycles. The molecule has 11 nitrogen and oxygen atoms in total. The van der Waals surface area contributed by atoms with Crippen LogP contribution in [0.4, 0.5) is 16.2 Å². The van der Waals surface area contributed by atoms with E-state index in [1.54, 1.807) is 35.2 Å². The van der Waals surface area contributed by atoms with Crippen molar-refractivity contribution >= 4 is 40.9 Å². The molecule has 0 radical (unpaired) electrons. The number of nitro groups is 1. The van der Waals surface area contributed by atoms with Crippen molar-refractivity contribution in [1.82, 2.24) is 15.1 Å². The summed E-state index contributed by atoms with van der Waals surface area (Å²) in [5, 5.41) is 15.3. The van der Waals surface area contributed by atoms with Gasteiger partial charge in [-0.2, -0.15) is 0 Å². The standard InChI is InChI=1S/C44H40ClN5O6/c45-32-19-17-29(18-20-32)25-38(43(52)48-23-21-47(22-24-48)39-15-7-8-16-40(39)50(54)55)46-42(51)41-26-30-9-1-2-10-31(30)27-49(41)44(53)56-28-37-35-13-5-3-11-33(35)34-12-4-6-14-36(34)37/h1-20,37-38,41H,21-28H2,(H,46,51)/t38-,41-/m1/s1. The monoisotopic (exact) mass is 769 g/mol. The number of nitrogens with one attached hydrogen (secondary N) is 1. The van der Waals surface area contributed by atoms with E-state index < -0.39 is 29.0 Å². The van der Waals surface area contributed by atoms with Crippen LogP contribution in [0.5, 0.6) is 0 Å². The van der Waals surface area contributed by atoms with Crippen LogP contribution in [0.2, 0.25) is 5.02 Å². The third-order valence-corrected chi connectivity index (χ3v) is 11.4. The van der Waals surface area contributed by atoms with Gasteiger partial charge in [-0.25, -0.2) is 4.79 Å². The molecule has 0 saturated carbocycles. The molecule has 284 valence electrons. The van der Waals surface area contributed by atoms with Crippen LogP contribution in [-0.2, 0) is 33.7 Å². The normalized spacial score (nSPS) is 16.7. The fourth-order valence-corrected chi connectivity index (χ4v) is 8.35. The quantitative estimate of drug-likeness (QED) is 0.127. The summed E-state index contributed by atoms with van der Waals surface area (Å²) in [7, 11) is 0. The number of rotatable bonds is 9. The molecule has 3 amide bonds. The van der Waals surface area contributed by atoms with E-state index in [4.69, 9.17) is 16.3 Å². The molecule has 1 aliphatic carbocycles. The maximum Gasteiger partial charge on any atom is 0.410 e. The molecule has 3 aliphatic rings. The number of anilines is 1. The number of fused-ring (bicyclic) bond motifs is 4. The topological polar surface area (TPSA) is 125 Å². The Hall–Kier alpha value is -6.20. The van der Waals surface area contributed by atoms with Gasteiger partial charge in [0, 0.05) is 56.0 Å². The van der Waals surface area contributed by atoms with E-state index >= 15 is 0 Å². The largest absolute Gasteiger partial charge is 0.448 e. The fraction of sp³-hybridized carbons (Fsp3) is 0.250. The highest BCUT2D eigenvalue weighted by Crippen LogP contribution is 2.44. The van der Waals surface area contributed by atoms with E-state index in [1.807, 2.05) is 65.6 Å². The van der Waals surface area contributed by atoms with Gasteiger partial charge < -0.3 is 19.9 Å². The summed E-state index contributed by atoms with van der Waals surface area (Å²) in [6.45, 7) is 1.66. The molecule has 5 aromatic carbocycles. The first kappa shape index (κ1) is 36.8. The minimum atomic E-state index is -0.956. The molecule has 5 aromatic rings. The highest BCUT2D eigenvalue weighted by molar-refractivity contribution is 6.30. The molecule has 1 N–H and O–H groups in total. The summed E-state index contributed by atoms with van der Waals surface area (Å²) >= 11 is 6.18. The van der Waals surface area contributed by atoms with E-state index in [0.717, 1.165) is 38.9 Å². The summed E-state index contributed by atoms with van der Waals surface area (Å²) in [5.41, 5.74) is 7.60. The zero-order valence-electron chi connectivity index (χ0n) is 30.6. The average molecular weight is 770 g/mol. The van der Waals surface area contributed by atoms with E-state index in [9.17, 15) is 24.5 Å². The van der Waals surface area contributed by atoms with Crippen molar-refractivity contribution in [2.75, 3.05) is 37.7 Å². The molecule has 8 rings (SSSR count). The Morgan fingerprint density at radius 2 is 1.39 bits per heavy atom. The summed E-state index contributed by atoms with van der Waals surface area (Å²) < 4.78 is 6.07. The molecular weight excluding hydrogens is 730 g/mol. The zero-order chi connectivity index (χ0) is 38.8. The Bertz CT molecular complexity index is 2250. The second-order valence-electron chi connectivity index (χ2n) is 14.4. The molecular formula is C44H40ClN5O6. The van der Waals surface area contributed by atoms with Gasteiger partial charge >= 0.3 is 6.09 Å². The maximum atomic E-state index is 14.5. The van der Waals surface area contributed by atoms with Gasteiger partial charge in [-0.1, -0.05) is 109 Å². The van der Waals surface area contributed by atoms with Gasteiger partial charge in [0.15, 0.2) is 0 Å². The van der Waals surface area contributed by atoms with Crippen LogP contribution in [0.25, 0.3) is 11.1 Å². The van der Waals surface area contributed by atoms with Crippen LogP contribution in [0.1, 0.15) is 33.7 Å². The lowest BCUT2D eigenvalue weighted by molar-refractivity contribution is -0.384. The molecule has 0 unspecified atom stereocenters. The Kier molecular flexibility index (Phi) is 10.4. The van der Waals surface area contributed by atoms with Crippen LogP contribution >= 0.6 is 11.6 Å². The smallest absolute Gasteiger partial charge is 0.410 e. The Morgan fingerprint density at radius 1 is 0.786 bits per heavy atom. The van der Waals surface area contributed by atoms with Crippen molar-refractivity contribution in [3.63, 3.8) is 0 Å². The number of ether oxygens (including phenoxy) is 1. The number of halogens is 1. The number of piperazine rings is 1. The molecule has 12 heteroatoms. The number of amides is 3. The highest BCUT2D eigenvalue weighted by Gasteiger charge is 2.39. The van der Waals surface area contributed by atoms with Crippen LogP contribution in [0, 0.1) is 10.1 Å². The van der Waals surface area contributed by atoms with Gasteiger partial charge in [0.2, 0.25) is 11.8 Å². The molecule has 1 saturated heterocycles. The molecule has 2 heterocycles. The van der Waals surface area contributed by atoms with Gasteiger partial charge in [-0.05, 0) is 57.1 Å². The Labute approximate surface area is 329 Å². The number of para-hydroxylation sites is 2. The highest BCUT2D eigenvalue weighted by atomic mass is 35.5. The van der Waals surface area contributed by atoms with Gasteiger partial charge in [0.25, 0.3) is 5.69 Å². The SMILES string of the molecule is O=C(N[C@H](Cc1ccc(Cl)cc1)C(=O)N1CCN(c2ccccc2[N+](=O)[O-])CC1)[C@H]1Cc2ccccc2CN1C(=O)OCC1c2ccccc2-c2ccccc21. The number of hydrogen-bond acceptors (Lipinski definition) is 7. The summed E-state index contributed by atoms with van der Waals surface area (Å²) in [5.74, 6) is -0.885. The first-order valence-electron chi connectivity index (χ1n) is 18.8. The van der Waals surface area contributed by atoms with Gasteiger partial charge in [0.1, 0.15) is 24.4 Å². The molecule has 0 spiro atoms. The number of benzene rings is 5. The second kappa shape index (κ2) is 15.9. The molecule has 0 aromatic heterocycles. The first-order chi connectivity index (χ1) is 27.2. The lowest BCUT2D eigenvalue weighted by Gasteiger charge is -2.38. The van der Waals surface area contributed by atoms with Gasteiger partial charge in [0.05, 0.1) is 11.5 Å². The minimum absolute atomic E-state index is 0.00941. The Balaban J connectivity index is 1.01. The number of nitro benzene ring substituents is 1. The van der Waals surface area contributed by atoms with Crippen molar-refractivity contribution in [2.45, 2.75) is 37.4 Å². The number of nitrogens with zero attached hydrogens (tertiary/aromatic N) is 4. The predicted molar refractivity (Wildman–Crippen MR) is 214 cm³/mol. The third-order valence-electron chi connectivity index (χ3n) is 11.1. The van der Waals surface area contributed by atoms with E-state index in [0.29, 0.717) is 36.9 Å². The minimum Gasteiger partial charge on any atom is -0.448 e. The number of hydrogen-bond donors (Lipinski definition) is 1. The van der Waals surface area contributed by atoms with Gasteiger partial charge in [-0.15, -0.1) is 0 Å². The zero-order valence-corrected chi connectivity index (χ0v) is 31.3. The van der Waals surface area contributed by atoms with E-state index in [-0.39, 0.29) is 43.5 Å². The Morgan fingerprint density at radius 3 is 2.07 bits per heavy atom. The predicted octanol–water partition coefficient (Wildman–Crippen LogP) is 7.00. The molecule has 2 atom stereocenters. The number of carbonyl (C=O) groups is 3. The summed E-state index contributed by atoms with van der Waals surface area (Å²) in [4.78, 5) is 59.3. The lowest BCUT2D eigenvalue weighted by Crippen LogP contribution is -2.59. The van der Waals surface area contributed by atoms with Crippen LogP contribution in [-0.4, -0.2) is 77.5 Å². The van der Waals surface area contributed by atoms with Gasteiger partial charge in [-0.3, -0.25) is 24.6 Å². The second-order valence-corrected chi connectivity index (χ2v) is 14.8. The van der Waals surface area contributed by atoms with Crippen LogP contribution in [0.3, 0.4) is 0 Å². The molecule has 1 fully saturated rings. The van der Waals surface area contributed by atoms with Crippen molar-refractivity contribution < 1.29 is 24.0 Å². The fourth-order valence-electron chi connectivity index (χ4n) is 8.22.